The topological polar surface area (TPSA) is 50.5 Å². The summed E-state index contributed by atoms with van der Waals surface area (Å²) in [5.74, 6) is 1.15. The summed E-state index contributed by atoms with van der Waals surface area (Å²) in [5.41, 5.74) is 1.65. The lowest BCUT2D eigenvalue weighted by molar-refractivity contribution is 0.250. The van der Waals surface area contributed by atoms with Gasteiger partial charge < -0.3 is 4.90 Å². The predicted molar refractivity (Wildman–Crippen MR) is 139 cm³/mol. The molecule has 1 aliphatic rings. The van der Waals surface area contributed by atoms with Crippen molar-refractivity contribution in [3.63, 3.8) is 0 Å². The molecule has 3 aromatic rings. The van der Waals surface area contributed by atoms with Crippen LogP contribution in [0.2, 0.25) is 0 Å². The normalized spacial score (nSPS) is 14.8. The van der Waals surface area contributed by atoms with Gasteiger partial charge in [-0.25, -0.2) is 4.79 Å². The molecule has 0 radical (unpaired) electrons. The van der Waals surface area contributed by atoms with Gasteiger partial charge in [0.15, 0.2) is 0 Å². The maximum Gasteiger partial charge on any atom is 0.331 e. The van der Waals surface area contributed by atoms with Gasteiger partial charge >= 0.3 is 5.69 Å². The van der Waals surface area contributed by atoms with Gasteiger partial charge in [0, 0.05) is 44.7 Å². The van der Waals surface area contributed by atoms with Crippen molar-refractivity contribution in [2.24, 2.45) is 7.05 Å². The van der Waals surface area contributed by atoms with Crippen LogP contribution in [-0.2, 0) is 13.6 Å². The average molecular weight is 467 g/mol. The van der Waals surface area contributed by atoms with Crippen LogP contribution in [0.5, 0.6) is 0 Å². The van der Waals surface area contributed by atoms with Gasteiger partial charge in [0.05, 0.1) is 16.6 Å². The largest absolute Gasteiger partial charge is 0.368 e. The monoisotopic (exact) mass is 466 g/mol. The van der Waals surface area contributed by atoms with Crippen LogP contribution in [0.4, 0.5) is 5.69 Å². The zero-order valence-electron chi connectivity index (χ0n) is 19.7. The first kappa shape index (κ1) is 23.6. The molecule has 0 aliphatic carbocycles. The number of fused-ring (bicyclic) bond motifs is 1. The Morgan fingerprint density at radius 3 is 2.36 bits per heavy atom. The molecule has 0 unspecified atom stereocenters. The van der Waals surface area contributed by atoms with Gasteiger partial charge in [-0.2, -0.15) is 0 Å². The maximum atomic E-state index is 12.8. The van der Waals surface area contributed by atoms with E-state index in [-0.39, 0.29) is 11.2 Å². The second kappa shape index (κ2) is 11.1. The molecule has 1 fully saturated rings. The summed E-state index contributed by atoms with van der Waals surface area (Å²) in [6.07, 6.45) is 2.99. The molecule has 0 bridgehead atoms. The summed E-state index contributed by atoms with van der Waals surface area (Å²) in [5, 5.41) is 0.605. The Morgan fingerprint density at radius 1 is 0.879 bits per heavy atom. The van der Waals surface area contributed by atoms with E-state index in [1.165, 1.54) is 21.6 Å². The summed E-state index contributed by atoms with van der Waals surface area (Å²) in [6.45, 7) is 7.86. The zero-order valence-corrected chi connectivity index (χ0v) is 20.5. The van der Waals surface area contributed by atoms with E-state index in [1.54, 1.807) is 17.7 Å². The molecule has 2 aromatic carbocycles. The van der Waals surface area contributed by atoms with Gasteiger partial charge in [0.25, 0.3) is 5.56 Å². The van der Waals surface area contributed by atoms with Crippen molar-refractivity contribution >= 4 is 28.4 Å². The van der Waals surface area contributed by atoms with Crippen LogP contribution in [-0.4, -0.2) is 52.5 Å². The predicted octanol–water partition coefficient (Wildman–Crippen LogP) is 3.80. The molecule has 0 N–H and O–H groups in total. The van der Waals surface area contributed by atoms with Crippen LogP contribution in [0, 0.1) is 0 Å². The molecule has 1 aliphatic heterocycles. The van der Waals surface area contributed by atoms with Crippen molar-refractivity contribution in [3.05, 3.63) is 69.4 Å². The minimum Gasteiger partial charge on any atom is -0.368 e. The molecule has 6 nitrogen and oxygen atoms in total. The highest BCUT2D eigenvalue weighted by Gasteiger charge is 2.19. The third-order valence-corrected chi connectivity index (χ3v) is 7.67. The Kier molecular flexibility index (Phi) is 7.93. The van der Waals surface area contributed by atoms with Gasteiger partial charge in [0.1, 0.15) is 0 Å². The smallest absolute Gasteiger partial charge is 0.331 e. The van der Waals surface area contributed by atoms with Crippen molar-refractivity contribution in [3.8, 4) is 0 Å². The number of aromatic nitrogens is 2. The van der Waals surface area contributed by atoms with Crippen molar-refractivity contribution in [1.82, 2.24) is 14.0 Å². The summed E-state index contributed by atoms with van der Waals surface area (Å²) < 4.78 is 2.97. The fourth-order valence-corrected chi connectivity index (χ4v) is 5.47. The minimum atomic E-state index is -0.230. The van der Waals surface area contributed by atoms with E-state index in [1.807, 2.05) is 30.0 Å². The number of benzene rings is 2. The number of unbranched alkanes of at least 4 members (excludes halogenated alkanes) is 1. The van der Waals surface area contributed by atoms with Crippen molar-refractivity contribution in [1.29, 1.82) is 0 Å². The number of nitrogens with zero attached hydrogens (tertiary/aromatic N) is 4. The number of rotatable bonds is 9. The highest BCUT2D eigenvalue weighted by Crippen LogP contribution is 2.31. The second-order valence-electron chi connectivity index (χ2n) is 8.67. The van der Waals surface area contributed by atoms with Gasteiger partial charge in [-0.3, -0.25) is 18.8 Å². The first-order valence-corrected chi connectivity index (χ1v) is 13.0. The van der Waals surface area contributed by atoms with E-state index in [0.717, 1.165) is 51.3 Å². The van der Waals surface area contributed by atoms with Crippen molar-refractivity contribution < 1.29 is 0 Å². The highest BCUT2D eigenvalue weighted by atomic mass is 32.2. The lowest BCUT2D eigenvalue weighted by Gasteiger charge is -2.37. The summed E-state index contributed by atoms with van der Waals surface area (Å²) in [6, 6.07) is 16.1. The van der Waals surface area contributed by atoms with E-state index in [4.69, 9.17) is 0 Å². The van der Waals surface area contributed by atoms with E-state index in [0.29, 0.717) is 17.4 Å². The molecule has 2 heterocycles. The molecule has 7 heteroatoms. The lowest BCUT2D eigenvalue weighted by atomic mass is 10.2. The molecule has 176 valence electrons. The molecular formula is C26H34N4O2S. The quantitative estimate of drug-likeness (QED) is 0.355. The molecule has 1 aromatic heterocycles. The number of hydrogen-bond acceptors (Lipinski definition) is 5. The van der Waals surface area contributed by atoms with Gasteiger partial charge in [-0.1, -0.05) is 31.2 Å². The van der Waals surface area contributed by atoms with Crippen LogP contribution >= 0.6 is 11.8 Å². The Labute approximate surface area is 199 Å². The Hall–Kier alpha value is -2.51. The molecule has 33 heavy (non-hydrogen) atoms. The number of para-hydroxylation sites is 2. The van der Waals surface area contributed by atoms with E-state index < -0.39 is 0 Å². The first-order valence-electron chi connectivity index (χ1n) is 12.0. The molecule has 0 saturated carbocycles. The average Bonchev–Trinajstić information content (AvgIpc) is 2.86. The molecule has 4 rings (SSSR count). The Balaban J connectivity index is 1.29. The fourth-order valence-electron chi connectivity index (χ4n) is 4.53. The molecular weight excluding hydrogens is 432 g/mol. The Bertz CT molecular complexity index is 1190. The SMILES string of the molecule is CCCSc1ccccc1N1CCN(CCCCn2c(=O)c3ccccc3n(C)c2=O)CC1. The van der Waals surface area contributed by atoms with Gasteiger partial charge in [-0.05, 0) is 55.8 Å². The first-order chi connectivity index (χ1) is 16.1. The van der Waals surface area contributed by atoms with Crippen LogP contribution in [0.25, 0.3) is 10.9 Å². The van der Waals surface area contributed by atoms with E-state index in [9.17, 15) is 9.59 Å². The van der Waals surface area contributed by atoms with E-state index >= 15 is 0 Å². The number of hydrogen-bond donors (Lipinski definition) is 0. The molecule has 0 spiro atoms. The highest BCUT2D eigenvalue weighted by molar-refractivity contribution is 7.99. The number of anilines is 1. The van der Waals surface area contributed by atoms with Gasteiger partial charge in [0.2, 0.25) is 0 Å². The number of piperazine rings is 1. The third kappa shape index (κ3) is 5.36. The molecule has 0 atom stereocenters. The van der Waals surface area contributed by atoms with E-state index in [2.05, 4.69) is 41.0 Å². The van der Waals surface area contributed by atoms with Crippen LogP contribution < -0.4 is 16.1 Å². The van der Waals surface area contributed by atoms with Crippen LogP contribution in [0.15, 0.2) is 63.0 Å². The van der Waals surface area contributed by atoms with Crippen molar-refractivity contribution in [2.75, 3.05) is 43.4 Å². The number of aryl methyl sites for hydroxylation is 1. The molecule has 1 saturated heterocycles. The second-order valence-corrected chi connectivity index (χ2v) is 9.80. The summed E-state index contributed by atoms with van der Waals surface area (Å²) in [4.78, 5) is 31.9. The fraction of sp³-hybridized carbons (Fsp3) is 0.462. The molecule has 0 amide bonds. The maximum absolute atomic E-state index is 12.8. The summed E-state index contributed by atoms with van der Waals surface area (Å²) in [7, 11) is 1.74. The number of thioether (sulfide) groups is 1. The van der Waals surface area contributed by atoms with Crippen LogP contribution in [0.1, 0.15) is 26.2 Å². The van der Waals surface area contributed by atoms with Gasteiger partial charge in [-0.15, -0.1) is 11.8 Å². The standard InChI is InChI=1S/C26H34N4O2S/c1-3-20-33-24-13-7-6-12-23(24)29-18-16-28(17-19-29)14-8-9-15-30-25(31)21-10-4-5-11-22(21)27(2)26(30)32/h4-7,10-13H,3,8-9,14-20H2,1-2H3. The summed E-state index contributed by atoms with van der Waals surface area (Å²) >= 11 is 1.95. The minimum absolute atomic E-state index is 0.179. The lowest BCUT2D eigenvalue weighted by Crippen LogP contribution is -2.46. The van der Waals surface area contributed by atoms with Crippen LogP contribution in [0.3, 0.4) is 0 Å². The Morgan fingerprint density at radius 2 is 1.58 bits per heavy atom. The zero-order chi connectivity index (χ0) is 23.2. The third-order valence-electron chi connectivity index (χ3n) is 6.40. The van der Waals surface area contributed by atoms with Crippen molar-refractivity contribution in [2.45, 2.75) is 37.6 Å².